The molecule has 0 heterocycles. The maximum absolute atomic E-state index is 13.4. The van der Waals surface area contributed by atoms with E-state index in [9.17, 15) is 4.79 Å². The number of rotatable bonds is 11. The predicted molar refractivity (Wildman–Crippen MR) is 138 cm³/mol. The van der Waals surface area contributed by atoms with Gasteiger partial charge in [0.1, 0.15) is 12.0 Å². The van der Waals surface area contributed by atoms with Gasteiger partial charge in [0, 0.05) is 12.8 Å². The minimum atomic E-state index is -0.826. The summed E-state index contributed by atoms with van der Waals surface area (Å²) in [4.78, 5) is 13.4. The molecular formula is C29H33O2P. The summed E-state index contributed by atoms with van der Waals surface area (Å²) in [5.74, 6) is -0.545. The van der Waals surface area contributed by atoms with Gasteiger partial charge in [-0.3, -0.25) is 4.79 Å². The molecule has 2 aromatic rings. The van der Waals surface area contributed by atoms with Crippen molar-refractivity contribution in [2.75, 3.05) is 0 Å². The van der Waals surface area contributed by atoms with Crippen molar-refractivity contribution in [1.29, 1.82) is 0 Å². The van der Waals surface area contributed by atoms with Crippen molar-refractivity contribution in [3.63, 3.8) is 0 Å². The van der Waals surface area contributed by atoms with Crippen LogP contribution in [0.4, 0.5) is 0 Å². The van der Waals surface area contributed by atoms with E-state index in [2.05, 4.69) is 81.6 Å². The van der Waals surface area contributed by atoms with Gasteiger partial charge in [-0.15, -0.1) is 0 Å². The van der Waals surface area contributed by atoms with E-state index in [0.717, 1.165) is 29.3 Å². The molecular weight excluding hydrogens is 411 g/mol. The highest BCUT2D eigenvalue weighted by molar-refractivity contribution is 7.76. The summed E-state index contributed by atoms with van der Waals surface area (Å²) in [5.41, 5.74) is 2.19. The first kappa shape index (κ1) is 24.0. The highest BCUT2D eigenvalue weighted by Gasteiger charge is 2.33. The fraction of sp³-hybridized carbons (Fsp3) is 0.276. The molecule has 0 N–H and O–H groups in total. The van der Waals surface area contributed by atoms with Crippen molar-refractivity contribution in [2.24, 2.45) is 5.92 Å². The molecule has 3 rings (SSSR count). The van der Waals surface area contributed by atoms with E-state index in [1.807, 2.05) is 24.3 Å². The van der Waals surface area contributed by atoms with Gasteiger partial charge in [0.2, 0.25) is 0 Å². The van der Waals surface area contributed by atoms with Gasteiger partial charge < -0.3 is 4.74 Å². The molecule has 0 fully saturated rings. The average molecular weight is 445 g/mol. The van der Waals surface area contributed by atoms with Crippen molar-refractivity contribution in [3.8, 4) is 0 Å². The Balaban J connectivity index is 1.85. The Kier molecular flexibility index (Phi) is 8.82. The van der Waals surface area contributed by atoms with Crippen molar-refractivity contribution in [3.05, 3.63) is 109 Å². The van der Waals surface area contributed by atoms with E-state index in [1.165, 1.54) is 10.6 Å². The largest absolute Gasteiger partial charge is 0.461 e. The molecule has 1 aliphatic carbocycles. The Morgan fingerprint density at radius 2 is 1.41 bits per heavy atom. The number of ether oxygens (including phenoxy) is 1. The Labute approximate surface area is 194 Å². The molecule has 32 heavy (non-hydrogen) atoms. The van der Waals surface area contributed by atoms with Gasteiger partial charge in [-0.25, -0.2) is 0 Å². The normalized spacial score (nSPS) is 15.1. The fourth-order valence-electron chi connectivity index (χ4n) is 3.81. The zero-order valence-electron chi connectivity index (χ0n) is 19.2. The van der Waals surface area contributed by atoms with Gasteiger partial charge in [-0.1, -0.05) is 117 Å². The summed E-state index contributed by atoms with van der Waals surface area (Å²) in [7, 11) is -0.826. The predicted octanol–water partition coefficient (Wildman–Crippen LogP) is 6.81. The SMILES string of the molecule is C=C(CC)CC(CC(=C)CC)OC(=O)C1C=CC=C1P(c1ccccc1)c1ccccc1. The van der Waals surface area contributed by atoms with E-state index < -0.39 is 7.92 Å². The Bertz CT molecular complexity index is 931. The number of allylic oxidation sites excluding steroid dienone is 2. The summed E-state index contributed by atoms with van der Waals surface area (Å²) in [6.07, 6.45) is 8.99. The van der Waals surface area contributed by atoms with Crippen LogP contribution in [0.2, 0.25) is 0 Å². The third kappa shape index (κ3) is 6.17. The molecule has 0 bridgehead atoms. The lowest BCUT2D eigenvalue weighted by Crippen LogP contribution is -2.26. The molecule has 0 amide bonds. The molecule has 0 aromatic heterocycles. The fourth-order valence-corrected chi connectivity index (χ4v) is 6.35. The third-order valence-electron chi connectivity index (χ3n) is 5.75. The van der Waals surface area contributed by atoms with Crippen molar-refractivity contribution >= 4 is 24.5 Å². The standard InChI is InChI=1S/C29H33O2P/c1-5-22(3)20-24(21-23(4)6-2)31-29(30)27-18-13-19-28(27)32(25-14-9-7-10-15-25)26-16-11-8-12-17-26/h7-19,24,27H,3-6,20-21H2,1-2H3. The lowest BCUT2D eigenvalue weighted by Gasteiger charge is -2.26. The van der Waals surface area contributed by atoms with Gasteiger partial charge in [0.15, 0.2) is 0 Å². The van der Waals surface area contributed by atoms with Crippen LogP contribution < -0.4 is 10.6 Å². The number of esters is 1. The van der Waals surface area contributed by atoms with Gasteiger partial charge in [0.25, 0.3) is 0 Å². The molecule has 1 unspecified atom stereocenters. The topological polar surface area (TPSA) is 26.3 Å². The maximum atomic E-state index is 13.4. The summed E-state index contributed by atoms with van der Waals surface area (Å²) >= 11 is 0. The van der Waals surface area contributed by atoms with E-state index >= 15 is 0 Å². The minimum absolute atomic E-state index is 0.179. The molecule has 0 aliphatic heterocycles. The second-order valence-electron chi connectivity index (χ2n) is 8.13. The van der Waals surface area contributed by atoms with Crippen molar-refractivity contribution in [1.82, 2.24) is 0 Å². The molecule has 3 heteroatoms. The first-order valence-corrected chi connectivity index (χ1v) is 12.7. The zero-order valence-corrected chi connectivity index (χ0v) is 20.1. The second kappa shape index (κ2) is 11.8. The summed E-state index contributed by atoms with van der Waals surface area (Å²) in [5, 5.41) is 3.58. The summed E-state index contributed by atoms with van der Waals surface area (Å²) < 4.78 is 6.09. The van der Waals surface area contributed by atoms with Crippen LogP contribution in [0.25, 0.3) is 0 Å². The van der Waals surface area contributed by atoms with E-state index in [1.54, 1.807) is 0 Å². The van der Waals surface area contributed by atoms with Gasteiger partial charge in [-0.2, -0.15) is 0 Å². The number of benzene rings is 2. The zero-order chi connectivity index (χ0) is 22.9. The van der Waals surface area contributed by atoms with E-state index in [0.29, 0.717) is 12.8 Å². The molecule has 1 atom stereocenters. The van der Waals surface area contributed by atoms with Crippen LogP contribution in [0.5, 0.6) is 0 Å². The summed E-state index contributed by atoms with van der Waals surface area (Å²) in [6, 6.07) is 20.9. The van der Waals surface area contributed by atoms with Crippen LogP contribution in [0.3, 0.4) is 0 Å². The minimum Gasteiger partial charge on any atom is -0.461 e. The first-order valence-electron chi connectivity index (χ1n) is 11.4. The molecule has 0 spiro atoms. The number of carbonyl (C=O) groups excluding carboxylic acids is 1. The third-order valence-corrected chi connectivity index (χ3v) is 8.32. The van der Waals surface area contributed by atoms with Crippen LogP contribution in [0, 0.1) is 5.92 Å². The monoisotopic (exact) mass is 444 g/mol. The molecule has 2 nitrogen and oxygen atoms in total. The van der Waals surface area contributed by atoms with Gasteiger partial charge in [-0.05, 0) is 36.7 Å². The molecule has 0 saturated carbocycles. The molecule has 1 aliphatic rings. The van der Waals surface area contributed by atoms with E-state index in [4.69, 9.17) is 4.74 Å². The Hall–Kier alpha value is -2.70. The summed E-state index contributed by atoms with van der Waals surface area (Å²) in [6.45, 7) is 12.4. The first-order chi connectivity index (χ1) is 15.5. The van der Waals surface area contributed by atoms with Gasteiger partial charge >= 0.3 is 5.97 Å². The van der Waals surface area contributed by atoms with Crippen molar-refractivity contribution in [2.45, 2.75) is 45.6 Å². The number of carbonyl (C=O) groups is 1. The second-order valence-corrected chi connectivity index (χ2v) is 10.4. The van der Waals surface area contributed by atoms with Crippen LogP contribution in [-0.4, -0.2) is 12.1 Å². The van der Waals surface area contributed by atoms with Crippen LogP contribution >= 0.6 is 7.92 Å². The smallest absolute Gasteiger partial charge is 0.317 e. The number of hydrogen-bond acceptors (Lipinski definition) is 2. The average Bonchev–Trinajstić information content (AvgIpc) is 3.30. The number of hydrogen-bond donors (Lipinski definition) is 0. The lowest BCUT2D eigenvalue weighted by molar-refractivity contribution is -0.150. The molecule has 2 aromatic carbocycles. The Morgan fingerprint density at radius 1 is 0.906 bits per heavy atom. The van der Waals surface area contributed by atoms with Crippen LogP contribution in [0.15, 0.2) is 109 Å². The van der Waals surface area contributed by atoms with Gasteiger partial charge in [0.05, 0.1) is 0 Å². The molecule has 0 saturated heterocycles. The Morgan fingerprint density at radius 3 is 1.88 bits per heavy atom. The van der Waals surface area contributed by atoms with E-state index in [-0.39, 0.29) is 18.0 Å². The highest BCUT2D eigenvalue weighted by Crippen LogP contribution is 2.49. The van der Waals surface area contributed by atoms with Crippen molar-refractivity contribution < 1.29 is 9.53 Å². The maximum Gasteiger partial charge on any atom is 0.317 e. The quantitative estimate of drug-likeness (QED) is 0.216. The lowest BCUT2D eigenvalue weighted by atomic mass is 10.00. The van der Waals surface area contributed by atoms with Crippen LogP contribution in [-0.2, 0) is 9.53 Å². The highest BCUT2D eigenvalue weighted by atomic mass is 31.1. The molecule has 166 valence electrons. The van der Waals surface area contributed by atoms with Crippen LogP contribution in [0.1, 0.15) is 39.5 Å². The molecule has 0 radical (unpaired) electrons.